The number of carbonyl (C=O) groups is 1. The van der Waals surface area contributed by atoms with Gasteiger partial charge in [0.1, 0.15) is 0 Å². The normalized spacial score (nSPS) is 23.3. The molecule has 0 radical (unpaired) electrons. The Kier molecular flexibility index (Phi) is 4.57. The van der Waals surface area contributed by atoms with E-state index in [4.69, 9.17) is 4.74 Å². The quantitative estimate of drug-likeness (QED) is 0.935. The molecule has 5 heteroatoms. The van der Waals surface area contributed by atoms with E-state index >= 15 is 0 Å². The Morgan fingerprint density at radius 3 is 3.12 bits per heavy atom. The summed E-state index contributed by atoms with van der Waals surface area (Å²) in [7, 11) is 0. The molecule has 0 aliphatic carbocycles. The van der Waals surface area contributed by atoms with Crippen LogP contribution < -0.4 is 0 Å². The van der Waals surface area contributed by atoms with Crippen molar-refractivity contribution in [1.29, 1.82) is 0 Å². The van der Waals surface area contributed by atoms with E-state index in [9.17, 15) is 4.79 Å². The van der Waals surface area contributed by atoms with Crippen molar-refractivity contribution >= 4 is 5.91 Å². The standard InChI is InChI=1S/C20H25N3O2/c1-14-11-18(22-21-14)16-6-4-9-23(13-16)20(24)12-19-17-7-3-2-5-15(17)8-10-25-19/h2-3,5,7,11,16,19H,4,6,8-10,12-13H2,1H3,(H,21,22)/t16-,19+/m1/s1. The molecule has 1 aromatic heterocycles. The number of carbonyl (C=O) groups excluding carboxylic acids is 1. The fraction of sp³-hybridized carbons (Fsp3) is 0.500. The Bertz CT molecular complexity index is 755. The van der Waals surface area contributed by atoms with Crippen molar-refractivity contribution in [3.63, 3.8) is 0 Å². The zero-order chi connectivity index (χ0) is 17.2. The second kappa shape index (κ2) is 7.00. The molecule has 1 aromatic carbocycles. The van der Waals surface area contributed by atoms with Crippen LogP contribution in [0.3, 0.4) is 0 Å². The minimum Gasteiger partial charge on any atom is -0.373 e. The maximum absolute atomic E-state index is 12.9. The number of aromatic amines is 1. The summed E-state index contributed by atoms with van der Waals surface area (Å²) in [5.41, 5.74) is 4.65. The lowest BCUT2D eigenvalue weighted by atomic mass is 9.93. The maximum atomic E-state index is 12.9. The minimum absolute atomic E-state index is 0.106. The number of likely N-dealkylation sites (tertiary alicyclic amines) is 1. The van der Waals surface area contributed by atoms with E-state index < -0.39 is 0 Å². The molecule has 5 nitrogen and oxygen atoms in total. The van der Waals surface area contributed by atoms with Crippen LogP contribution in [-0.4, -0.2) is 40.7 Å². The third kappa shape index (κ3) is 3.47. The third-order valence-corrected chi connectivity index (χ3v) is 5.37. The monoisotopic (exact) mass is 339 g/mol. The Balaban J connectivity index is 1.43. The van der Waals surface area contributed by atoms with Crippen molar-refractivity contribution in [3.8, 4) is 0 Å². The van der Waals surface area contributed by atoms with E-state index in [0.29, 0.717) is 18.9 Å². The summed E-state index contributed by atoms with van der Waals surface area (Å²) in [4.78, 5) is 14.9. The highest BCUT2D eigenvalue weighted by atomic mass is 16.5. The Hall–Kier alpha value is -2.14. The summed E-state index contributed by atoms with van der Waals surface area (Å²) in [5.74, 6) is 0.529. The van der Waals surface area contributed by atoms with Crippen LogP contribution in [0.25, 0.3) is 0 Å². The van der Waals surface area contributed by atoms with Crippen LogP contribution in [0.4, 0.5) is 0 Å². The molecule has 0 bridgehead atoms. The predicted octanol–water partition coefficient (Wildman–Crippen LogP) is 3.13. The molecular formula is C20H25N3O2. The van der Waals surface area contributed by atoms with Gasteiger partial charge in [0.15, 0.2) is 0 Å². The molecule has 132 valence electrons. The highest BCUT2D eigenvalue weighted by Gasteiger charge is 2.29. The van der Waals surface area contributed by atoms with Gasteiger partial charge in [-0.3, -0.25) is 9.89 Å². The lowest BCUT2D eigenvalue weighted by molar-refractivity contribution is -0.135. The number of rotatable bonds is 3. The molecule has 1 fully saturated rings. The number of hydrogen-bond acceptors (Lipinski definition) is 3. The molecule has 4 rings (SSSR count). The number of nitrogens with one attached hydrogen (secondary N) is 1. The molecule has 2 aliphatic rings. The molecule has 1 N–H and O–H groups in total. The van der Waals surface area contributed by atoms with Crippen molar-refractivity contribution < 1.29 is 9.53 Å². The molecular weight excluding hydrogens is 314 g/mol. The van der Waals surface area contributed by atoms with Crippen LogP contribution in [0, 0.1) is 6.92 Å². The van der Waals surface area contributed by atoms with Gasteiger partial charge in [-0.1, -0.05) is 24.3 Å². The first kappa shape index (κ1) is 16.3. The second-order valence-corrected chi connectivity index (χ2v) is 7.17. The van der Waals surface area contributed by atoms with Gasteiger partial charge < -0.3 is 9.64 Å². The SMILES string of the molecule is Cc1cc([C@@H]2CCCN(C(=O)C[C@@H]3OCCc4ccccc43)C2)n[nH]1. The molecule has 2 aliphatic heterocycles. The van der Waals surface area contributed by atoms with Crippen molar-refractivity contribution in [3.05, 3.63) is 52.8 Å². The number of aryl methyl sites for hydroxylation is 1. The molecule has 1 amide bonds. The van der Waals surface area contributed by atoms with Crippen LogP contribution in [0.15, 0.2) is 30.3 Å². The fourth-order valence-electron chi connectivity index (χ4n) is 4.03. The van der Waals surface area contributed by atoms with Gasteiger partial charge in [0.25, 0.3) is 0 Å². The molecule has 0 unspecified atom stereocenters. The van der Waals surface area contributed by atoms with Gasteiger partial charge in [0, 0.05) is 24.7 Å². The smallest absolute Gasteiger partial charge is 0.225 e. The van der Waals surface area contributed by atoms with Gasteiger partial charge in [0.05, 0.1) is 24.8 Å². The van der Waals surface area contributed by atoms with E-state index in [-0.39, 0.29) is 12.0 Å². The summed E-state index contributed by atoms with van der Waals surface area (Å²) >= 11 is 0. The first-order valence-corrected chi connectivity index (χ1v) is 9.20. The summed E-state index contributed by atoms with van der Waals surface area (Å²) in [5, 5.41) is 7.40. The predicted molar refractivity (Wildman–Crippen MR) is 95.3 cm³/mol. The Labute approximate surface area is 148 Å². The van der Waals surface area contributed by atoms with Crippen LogP contribution in [0.1, 0.15) is 53.8 Å². The average molecular weight is 339 g/mol. The fourth-order valence-corrected chi connectivity index (χ4v) is 4.03. The lowest BCUT2D eigenvalue weighted by Crippen LogP contribution is -2.40. The lowest BCUT2D eigenvalue weighted by Gasteiger charge is -2.34. The zero-order valence-electron chi connectivity index (χ0n) is 14.7. The number of nitrogens with zero attached hydrogens (tertiary/aromatic N) is 2. The van der Waals surface area contributed by atoms with Crippen LogP contribution in [0.5, 0.6) is 0 Å². The van der Waals surface area contributed by atoms with Crippen LogP contribution in [-0.2, 0) is 16.0 Å². The molecule has 0 spiro atoms. The van der Waals surface area contributed by atoms with Crippen LogP contribution >= 0.6 is 0 Å². The number of amides is 1. The van der Waals surface area contributed by atoms with E-state index in [1.165, 1.54) is 11.1 Å². The molecule has 3 heterocycles. The van der Waals surface area contributed by atoms with Gasteiger partial charge in [0.2, 0.25) is 5.91 Å². The van der Waals surface area contributed by atoms with Crippen molar-refractivity contribution in [2.45, 2.75) is 44.6 Å². The van der Waals surface area contributed by atoms with Crippen LogP contribution in [0.2, 0.25) is 0 Å². The van der Waals surface area contributed by atoms with Gasteiger partial charge >= 0.3 is 0 Å². The van der Waals surface area contributed by atoms with Gasteiger partial charge in [-0.05, 0) is 43.4 Å². The number of piperidine rings is 1. The first-order valence-electron chi connectivity index (χ1n) is 9.20. The summed E-state index contributed by atoms with van der Waals surface area (Å²) in [6.07, 6.45) is 3.39. The van der Waals surface area contributed by atoms with Crippen molar-refractivity contribution in [1.82, 2.24) is 15.1 Å². The zero-order valence-corrected chi connectivity index (χ0v) is 14.7. The second-order valence-electron chi connectivity index (χ2n) is 7.17. The van der Waals surface area contributed by atoms with Gasteiger partial charge in [-0.2, -0.15) is 5.10 Å². The van der Waals surface area contributed by atoms with Gasteiger partial charge in [-0.15, -0.1) is 0 Å². The van der Waals surface area contributed by atoms with Gasteiger partial charge in [-0.25, -0.2) is 0 Å². The highest BCUT2D eigenvalue weighted by molar-refractivity contribution is 5.77. The van der Waals surface area contributed by atoms with E-state index in [1.807, 2.05) is 17.9 Å². The summed E-state index contributed by atoms with van der Waals surface area (Å²) < 4.78 is 5.92. The van der Waals surface area contributed by atoms with E-state index in [1.54, 1.807) is 0 Å². The number of benzene rings is 1. The maximum Gasteiger partial charge on any atom is 0.225 e. The number of H-pyrrole nitrogens is 1. The first-order chi connectivity index (χ1) is 12.2. The highest BCUT2D eigenvalue weighted by Crippen LogP contribution is 2.32. The van der Waals surface area contributed by atoms with E-state index in [0.717, 1.165) is 43.7 Å². The summed E-state index contributed by atoms with van der Waals surface area (Å²) in [6, 6.07) is 10.4. The third-order valence-electron chi connectivity index (χ3n) is 5.37. The molecule has 1 saturated heterocycles. The summed E-state index contributed by atoms with van der Waals surface area (Å²) in [6.45, 7) is 4.31. The number of aromatic nitrogens is 2. The van der Waals surface area contributed by atoms with Crippen molar-refractivity contribution in [2.24, 2.45) is 0 Å². The molecule has 2 aromatic rings. The van der Waals surface area contributed by atoms with Crippen molar-refractivity contribution in [2.75, 3.05) is 19.7 Å². The Morgan fingerprint density at radius 2 is 2.28 bits per heavy atom. The Morgan fingerprint density at radius 1 is 1.40 bits per heavy atom. The minimum atomic E-state index is -0.106. The number of hydrogen-bond donors (Lipinski definition) is 1. The van der Waals surface area contributed by atoms with E-state index in [2.05, 4.69) is 34.5 Å². The largest absolute Gasteiger partial charge is 0.373 e. The number of ether oxygens (including phenoxy) is 1. The number of fused-ring (bicyclic) bond motifs is 1. The topological polar surface area (TPSA) is 58.2 Å². The molecule has 2 atom stereocenters. The molecule has 25 heavy (non-hydrogen) atoms. The molecule has 0 saturated carbocycles. The average Bonchev–Trinajstić information content (AvgIpc) is 3.09.